The van der Waals surface area contributed by atoms with E-state index in [4.69, 9.17) is 4.98 Å². The van der Waals surface area contributed by atoms with Crippen LogP contribution in [-0.4, -0.2) is 27.0 Å². The van der Waals surface area contributed by atoms with Crippen molar-refractivity contribution in [2.45, 2.75) is 26.7 Å². The fourth-order valence-corrected chi connectivity index (χ4v) is 5.11. The largest absolute Gasteiger partial charge is 0.388 e. The molecule has 3 N–H and O–H groups in total. The van der Waals surface area contributed by atoms with Crippen molar-refractivity contribution < 1.29 is 0 Å². The Morgan fingerprint density at radius 1 is 1.03 bits per heavy atom. The first-order chi connectivity index (χ1) is 17.5. The highest BCUT2D eigenvalue weighted by molar-refractivity contribution is 7.08. The van der Waals surface area contributed by atoms with Gasteiger partial charge in [-0.3, -0.25) is 9.97 Å². The number of nitrogens with one attached hydrogen (secondary N) is 3. The second kappa shape index (κ2) is 10.3. The second-order valence-electron chi connectivity index (χ2n) is 9.37. The molecule has 0 saturated carbocycles. The molecule has 0 fully saturated rings. The molecule has 0 atom stereocenters. The number of anilines is 2. The number of aromatic amines is 1. The number of thiophene rings is 1. The lowest BCUT2D eigenvalue weighted by Gasteiger charge is -2.14. The van der Waals surface area contributed by atoms with Crippen LogP contribution in [0, 0.1) is 5.92 Å². The molecule has 0 aliphatic carbocycles. The molecule has 0 unspecified atom stereocenters. The van der Waals surface area contributed by atoms with Crippen LogP contribution in [0.1, 0.15) is 31.7 Å². The minimum atomic E-state index is 0.549. The maximum atomic E-state index is 4.96. The fraction of sp³-hybridized carbons (Fsp3) is 0.207. The highest BCUT2D eigenvalue weighted by Gasteiger charge is 2.13. The van der Waals surface area contributed by atoms with Crippen LogP contribution in [-0.2, 0) is 6.42 Å². The van der Waals surface area contributed by atoms with Gasteiger partial charge in [-0.25, -0.2) is 4.98 Å². The van der Waals surface area contributed by atoms with Gasteiger partial charge in [-0.15, -0.1) is 0 Å². The van der Waals surface area contributed by atoms with Gasteiger partial charge in [-0.05, 0) is 64.1 Å². The van der Waals surface area contributed by atoms with Crippen LogP contribution in [0.2, 0.25) is 0 Å². The average Bonchev–Trinajstić information content (AvgIpc) is 3.53. The summed E-state index contributed by atoms with van der Waals surface area (Å²) in [4.78, 5) is 17.3. The van der Waals surface area contributed by atoms with Crippen molar-refractivity contribution in [2.75, 3.05) is 17.7 Å². The molecule has 7 heteroatoms. The van der Waals surface area contributed by atoms with E-state index in [0.717, 1.165) is 68.2 Å². The number of rotatable bonds is 9. The maximum Gasteiger partial charge on any atom is 0.111 e. The summed E-state index contributed by atoms with van der Waals surface area (Å²) in [5.41, 5.74) is 10.4. The van der Waals surface area contributed by atoms with Crippen LogP contribution in [0.25, 0.3) is 33.3 Å². The van der Waals surface area contributed by atoms with Crippen LogP contribution in [0.3, 0.4) is 0 Å². The molecule has 1 aromatic carbocycles. The molecule has 0 aliphatic rings. The van der Waals surface area contributed by atoms with Gasteiger partial charge in [0.25, 0.3) is 0 Å². The monoisotopic (exact) mass is 494 g/mol. The Hall–Kier alpha value is -3.97. The zero-order valence-corrected chi connectivity index (χ0v) is 21.6. The predicted octanol–water partition coefficient (Wildman–Crippen LogP) is 7.35. The SMILES string of the molecule is C=C(CC(C)C)Nc1cncc(-c2ccc(NC)c(Cc3nc4c(-c5ccsc5)cncc4[nH]3)c2)c1. The number of hydrogen-bond acceptors (Lipinski definition) is 6. The topological polar surface area (TPSA) is 78.5 Å². The lowest BCUT2D eigenvalue weighted by molar-refractivity contribution is 0.645. The molecular formula is C29H30N6S. The lowest BCUT2D eigenvalue weighted by Crippen LogP contribution is -2.02. The quantitative estimate of drug-likeness (QED) is 0.200. The lowest BCUT2D eigenvalue weighted by atomic mass is 10.0. The Balaban J connectivity index is 1.44. The molecule has 0 spiro atoms. The van der Waals surface area contributed by atoms with Crippen molar-refractivity contribution in [1.82, 2.24) is 19.9 Å². The number of H-pyrrole nitrogens is 1. The third-order valence-corrected chi connectivity index (χ3v) is 6.74. The molecule has 0 bridgehead atoms. The van der Waals surface area contributed by atoms with Gasteiger partial charge >= 0.3 is 0 Å². The smallest absolute Gasteiger partial charge is 0.111 e. The minimum Gasteiger partial charge on any atom is -0.388 e. The van der Waals surface area contributed by atoms with Crippen molar-refractivity contribution in [3.63, 3.8) is 0 Å². The molecule has 0 saturated heterocycles. The van der Waals surface area contributed by atoms with E-state index in [1.165, 1.54) is 0 Å². The van der Waals surface area contributed by atoms with Gasteiger partial charge in [0.05, 0.1) is 29.1 Å². The molecule has 36 heavy (non-hydrogen) atoms. The highest BCUT2D eigenvalue weighted by Crippen LogP contribution is 2.31. The number of hydrogen-bond donors (Lipinski definition) is 3. The maximum absolute atomic E-state index is 4.96. The van der Waals surface area contributed by atoms with Crippen LogP contribution >= 0.6 is 11.3 Å². The molecule has 0 aliphatic heterocycles. The van der Waals surface area contributed by atoms with E-state index in [1.54, 1.807) is 11.3 Å². The summed E-state index contributed by atoms with van der Waals surface area (Å²) in [5.74, 6) is 1.45. The first kappa shape index (κ1) is 23.8. The molecule has 5 aromatic rings. The normalized spacial score (nSPS) is 11.2. The van der Waals surface area contributed by atoms with Gasteiger partial charge in [0.1, 0.15) is 5.82 Å². The number of aromatic nitrogens is 4. The Morgan fingerprint density at radius 2 is 1.89 bits per heavy atom. The van der Waals surface area contributed by atoms with Gasteiger partial charge in [0, 0.05) is 48.4 Å². The van der Waals surface area contributed by atoms with Crippen molar-refractivity contribution in [2.24, 2.45) is 5.92 Å². The van der Waals surface area contributed by atoms with Gasteiger partial charge < -0.3 is 15.6 Å². The first-order valence-corrected chi connectivity index (χ1v) is 13.0. The number of benzene rings is 1. The van der Waals surface area contributed by atoms with E-state index in [0.29, 0.717) is 12.3 Å². The van der Waals surface area contributed by atoms with Gasteiger partial charge in [0.15, 0.2) is 0 Å². The molecule has 5 rings (SSSR count). The van der Waals surface area contributed by atoms with E-state index in [-0.39, 0.29) is 0 Å². The standard InChI is InChI=1S/C29H30N6S/c1-18(2)9-19(3)33-24-11-23(13-31-14-24)20-5-6-26(30-4)22(10-20)12-28-34-27-16-32-15-25(29(27)35-28)21-7-8-36-17-21/h5-8,10-11,13-18,30,33H,3,9,12H2,1-2,4H3,(H,34,35). The van der Waals surface area contributed by atoms with Gasteiger partial charge in [0.2, 0.25) is 0 Å². The molecule has 4 heterocycles. The Kier molecular flexibility index (Phi) is 6.82. The Morgan fingerprint density at radius 3 is 2.67 bits per heavy atom. The van der Waals surface area contributed by atoms with E-state index in [9.17, 15) is 0 Å². The summed E-state index contributed by atoms with van der Waals surface area (Å²) in [6, 6.07) is 10.7. The average molecular weight is 495 g/mol. The number of fused-ring (bicyclic) bond motifs is 1. The summed E-state index contributed by atoms with van der Waals surface area (Å²) in [6.45, 7) is 8.53. The molecule has 182 valence electrons. The second-order valence-corrected chi connectivity index (χ2v) is 10.1. The first-order valence-electron chi connectivity index (χ1n) is 12.1. The number of pyridine rings is 2. The molecule has 4 aromatic heterocycles. The third kappa shape index (κ3) is 5.16. The van der Waals surface area contributed by atoms with Crippen LogP contribution in [0.15, 0.2) is 78.2 Å². The zero-order valence-electron chi connectivity index (χ0n) is 20.8. The van der Waals surface area contributed by atoms with Gasteiger partial charge in [-0.2, -0.15) is 11.3 Å². The Labute approximate surface area is 215 Å². The highest BCUT2D eigenvalue weighted by atomic mass is 32.1. The van der Waals surface area contributed by atoms with Crippen LogP contribution in [0.4, 0.5) is 11.4 Å². The molecule has 0 radical (unpaired) electrons. The minimum absolute atomic E-state index is 0.549. The summed E-state index contributed by atoms with van der Waals surface area (Å²) in [6.07, 6.45) is 9.05. The molecular weight excluding hydrogens is 464 g/mol. The summed E-state index contributed by atoms with van der Waals surface area (Å²) < 4.78 is 0. The van der Waals surface area contributed by atoms with E-state index >= 15 is 0 Å². The van der Waals surface area contributed by atoms with E-state index < -0.39 is 0 Å². The summed E-state index contributed by atoms with van der Waals surface area (Å²) in [7, 11) is 1.95. The van der Waals surface area contributed by atoms with Crippen molar-refractivity contribution >= 4 is 33.7 Å². The van der Waals surface area contributed by atoms with Crippen molar-refractivity contribution in [3.8, 4) is 22.3 Å². The zero-order chi connectivity index (χ0) is 25.1. The molecule has 0 amide bonds. The number of imidazole rings is 1. The number of allylic oxidation sites excluding steroid dienone is 1. The van der Waals surface area contributed by atoms with E-state index in [2.05, 4.69) is 87.1 Å². The Bertz CT molecular complexity index is 1500. The van der Waals surface area contributed by atoms with Crippen LogP contribution < -0.4 is 10.6 Å². The summed E-state index contributed by atoms with van der Waals surface area (Å²) >= 11 is 1.67. The third-order valence-electron chi connectivity index (χ3n) is 6.06. The van der Waals surface area contributed by atoms with E-state index in [1.807, 2.05) is 31.8 Å². The summed E-state index contributed by atoms with van der Waals surface area (Å²) in [5, 5.41) is 10.9. The predicted molar refractivity (Wildman–Crippen MR) is 151 cm³/mol. The fourth-order valence-electron chi connectivity index (χ4n) is 4.45. The van der Waals surface area contributed by atoms with Gasteiger partial charge in [-0.1, -0.05) is 26.5 Å². The van der Waals surface area contributed by atoms with Crippen molar-refractivity contribution in [1.29, 1.82) is 0 Å². The van der Waals surface area contributed by atoms with Crippen LogP contribution in [0.5, 0.6) is 0 Å². The number of nitrogens with zero attached hydrogens (tertiary/aromatic N) is 3. The molecule has 6 nitrogen and oxygen atoms in total. The van der Waals surface area contributed by atoms with Crippen molar-refractivity contribution in [3.05, 3.63) is 89.5 Å².